The zero-order valence-corrected chi connectivity index (χ0v) is 8.79. The number of carbonyl (C=O) groups excluding carboxylic acids is 2. The maximum Gasteiger partial charge on any atom is 0.316 e. The number of rotatable bonds is 4. The van der Waals surface area contributed by atoms with Crippen LogP contribution >= 0.6 is 0 Å². The first-order valence-corrected chi connectivity index (χ1v) is 4.73. The molecule has 0 aliphatic carbocycles. The van der Waals surface area contributed by atoms with Crippen molar-refractivity contribution in [1.29, 1.82) is 0 Å². The molecule has 0 spiro atoms. The zero-order valence-electron chi connectivity index (χ0n) is 8.79. The van der Waals surface area contributed by atoms with Crippen LogP contribution in [0, 0.1) is 11.8 Å². The highest BCUT2D eigenvalue weighted by atomic mass is 16.6. The second kappa shape index (κ2) is 5.73. The Hall–Kier alpha value is -0.860. The van der Waals surface area contributed by atoms with Gasteiger partial charge in [-0.05, 0) is 12.3 Å². The molecule has 0 aromatic heterocycles. The first kappa shape index (κ1) is 12.1. The molecule has 3 heteroatoms. The van der Waals surface area contributed by atoms with Crippen molar-refractivity contribution in [1.82, 2.24) is 0 Å². The van der Waals surface area contributed by atoms with Crippen molar-refractivity contribution in [2.75, 3.05) is 0 Å². The van der Waals surface area contributed by atoms with E-state index in [0.717, 1.165) is 0 Å². The summed E-state index contributed by atoms with van der Waals surface area (Å²) >= 11 is 0. The predicted octanol–water partition coefficient (Wildman–Crippen LogP) is 2.15. The van der Waals surface area contributed by atoms with Crippen LogP contribution in [-0.2, 0) is 14.3 Å². The van der Waals surface area contributed by atoms with Crippen LogP contribution in [0.15, 0.2) is 0 Å². The van der Waals surface area contributed by atoms with Crippen molar-refractivity contribution >= 4 is 11.9 Å². The Morgan fingerprint density at radius 3 is 2.15 bits per heavy atom. The van der Waals surface area contributed by atoms with Crippen molar-refractivity contribution in [3.63, 3.8) is 0 Å². The standard InChI is InChI=1S/C10H18O3/c1-5-6-9(11)13-10(12)8(4)7(2)3/h7-8H,5-6H2,1-4H3. The summed E-state index contributed by atoms with van der Waals surface area (Å²) in [7, 11) is 0. The SMILES string of the molecule is CCCC(=O)OC(=O)C(C)C(C)C. The fourth-order valence-electron chi connectivity index (χ4n) is 0.732. The summed E-state index contributed by atoms with van der Waals surface area (Å²) in [5.74, 6) is -0.823. The highest BCUT2D eigenvalue weighted by Crippen LogP contribution is 2.11. The monoisotopic (exact) mass is 186 g/mol. The van der Waals surface area contributed by atoms with Crippen molar-refractivity contribution in [3.8, 4) is 0 Å². The van der Waals surface area contributed by atoms with E-state index in [4.69, 9.17) is 0 Å². The summed E-state index contributed by atoms with van der Waals surface area (Å²) in [5.41, 5.74) is 0. The minimum Gasteiger partial charge on any atom is -0.393 e. The first-order chi connectivity index (χ1) is 5.99. The lowest BCUT2D eigenvalue weighted by atomic mass is 9.99. The Kier molecular flexibility index (Phi) is 5.35. The number of carbonyl (C=O) groups is 2. The van der Waals surface area contributed by atoms with E-state index in [2.05, 4.69) is 4.74 Å². The Balaban J connectivity index is 3.93. The van der Waals surface area contributed by atoms with Gasteiger partial charge in [-0.25, -0.2) is 0 Å². The number of hydrogen-bond acceptors (Lipinski definition) is 3. The highest BCUT2D eigenvalue weighted by molar-refractivity contribution is 5.86. The maximum atomic E-state index is 11.2. The van der Waals surface area contributed by atoms with Crippen LogP contribution in [0.25, 0.3) is 0 Å². The van der Waals surface area contributed by atoms with Crippen LogP contribution in [0.2, 0.25) is 0 Å². The quantitative estimate of drug-likeness (QED) is 0.499. The van der Waals surface area contributed by atoms with E-state index in [0.29, 0.717) is 12.8 Å². The molecule has 0 aromatic rings. The Morgan fingerprint density at radius 2 is 1.77 bits per heavy atom. The minimum absolute atomic E-state index is 0.208. The van der Waals surface area contributed by atoms with Gasteiger partial charge < -0.3 is 4.74 Å². The van der Waals surface area contributed by atoms with Gasteiger partial charge in [-0.2, -0.15) is 0 Å². The Labute approximate surface area is 79.5 Å². The van der Waals surface area contributed by atoms with Crippen LogP contribution in [0.3, 0.4) is 0 Å². The van der Waals surface area contributed by atoms with E-state index in [1.165, 1.54) is 0 Å². The molecule has 0 aromatic carbocycles. The fraction of sp³-hybridized carbons (Fsp3) is 0.800. The molecule has 3 nitrogen and oxygen atoms in total. The van der Waals surface area contributed by atoms with Gasteiger partial charge in [0.05, 0.1) is 5.92 Å². The molecular weight excluding hydrogens is 168 g/mol. The number of esters is 2. The molecule has 0 radical (unpaired) electrons. The molecule has 1 unspecified atom stereocenters. The highest BCUT2D eigenvalue weighted by Gasteiger charge is 2.20. The molecule has 0 N–H and O–H groups in total. The molecule has 76 valence electrons. The summed E-state index contributed by atoms with van der Waals surface area (Å²) in [5, 5.41) is 0. The first-order valence-electron chi connectivity index (χ1n) is 4.73. The largest absolute Gasteiger partial charge is 0.393 e. The lowest BCUT2D eigenvalue weighted by molar-refractivity contribution is -0.163. The van der Waals surface area contributed by atoms with Crippen molar-refractivity contribution in [3.05, 3.63) is 0 Å². The summed E-state index contributed by atoms with van der Waals surface area (Å²) in [4.78, 5) is 22.2. The Morgan fingerprint density at radius 1 is 1.23 bits per heavy atom. The van der Waals surface area contributed by atoms with Gasteiger partial charge in [0.15, 0.2) is 0 Å². The maximum absolute atomic E-state index is 11.2. The third-order valence-electron chi connectivity index (χ3n) is 2.04. The third-order valence-corrected chi connectivity index (χ3v) is 2.04. The van der Waals surface area contributed by atoms with Gasteiger partial charge in [0.1, 0.15) is 0 Å². The van der Waals surface area contributed by atoms with Crippen LogP contribution in [0.4, 0.5) is 0 Å². The Bertz CT molecular complexity index is 185. The topological polar surface area (TPSA) is 43.4 Å². The number of ether oxygens (including phenoxy) is 1. The van der Waals surface area contributed by atoms with E-state index < -0.39 is 11.9 Å². The summed E-state index contributed by atoms with van der Waals surface area (Å²) in [6, 6.07) is 0. The molecule has 0 bridgehead atoms. The normalized spacial score (nSPS) is 12.7. The predicted molar refractivity (Wildman–Crippen MR) is 50.0 cm³/mol. The van der Waals surface area contributed by atoms with E-state index in [1.54, 1.807) is 6.92 Å². The summed E-state index contributed by atoms with van der Waals surface area (Å²) < 4.78 is 4.64. The fourth-order valence-corrected chi connectivity index (χ4v) is 0.732. The van der Waals surface area contributed by atoms with Crippen molar-refractivity contribution in [2.45, 2.75) is 40.5 Å². The second-order valence-corrected chi connectivity index (χ2v) is 3.58. The summed E-state index contributed by atoms with van der Waals surface area (Å²) in [6.07, 6.45) is 1.03. The van der Waals surface area contributed by atoms with Crippen LogP contribution < -0.4 is 0 Å². The molecular formula is C10H18O3. The van der Waals surface area contributed by atoms with Gasteiger partial charge in [0, 0.05) is 6.42 Å². The summed E-state index contributed by atoms with van der Waals surface area (Å²) in [6.45, 7) is 7.50. The van der Waals surface area contributed by atoms with Crippen molar-refractivity contribution < 1.29 is 14.3 Å². The van der Waals surface area contributed by atoms with Gasteiger partial charge in [0.25, 0.3) is 0 Å². The average molecular weight is 186 g/mol. The molecule has 13 heavy (non-hydrogen) atoms. The van der Waals surface area contributed by atoms with Crippen LogP contribution in [-0.4, -0.2) is 11.9 Å². The molecule has 0 amide bonds. The van der Waals surface area contributed by atoms with E-state index in [1.807, 2.05) is 20.8 Å². The van der Waals surface area contributed by atoms with Gasteiger partial charge >= 0.3 is 11.9 Å². The molecule has 0 aliphatic rings. The molecule has 1 atom stereocenters. The molecule has 0 aliphatic heterocycles. The zero-order chi connectivity index (χ0) is 10.4. The minimum atomic E-state index is -0.417. The molecule has 0 saturated carbocycles. The molecule has 0 rings (SSSR count). The lowest BCUT2D eigenvalue weighted by Crippen LogP contribution is -2.22. The van der Waals surface area contributed by atoms with E-state index in [-0.39, 0.29) is 11.8 Å². The van der Waals surface area contributed by atoms with Crippen LogP contribution in [0.1, 0.15) is 40.5 Å². The molecule has 0 saturated heterocycles. The second-order valence-electron chi connectivity index (χ2n) is 3.58. The van der Waals surface area contributed by atoms with Gasteiger partial charge in [-0.3, -0.25) is 9.59 Å². The van der Waals surface area contributed by atoms with E-state index >= 15 is 0 Å². The van der Waals surface area contributed by atoms with Crippen LogP contribution in [0.5, 0.6) is 0 Å². The van der Waals surface area contributed by atoms with Gasteiger partial charge in [-0.1, -0.05) is 27.7 Å². The third kappa shape index (κ3) is 4.65. The smallest absolute Gasteiger partial charge is 0.316 e. The lowest BCUT2D eigenvalue weighted by Gasteiger charge is -2.12. The number of hydrogen-bond donors (Lipinski definition) is 0. The molecule has 0 fully saturated rings. The van der Waals surface area contributed by atoms with Gasteiger partial charge in [-0.15, -0.1) is 0 Å². The van der Waals surface area contributed by atoms with Crippen molar-refractivity contribution in [2.24, 2.45) is 11.8 Å². The van der Waals surface area contributed by atoms with E-state index in [9.17, 15) is 9.59 Å². The van der Waals surface area contributed by atoms with Gasteiger partial charge in [0.2, 0.25) is 0 Å². The molecule has 0 heterocycles. The average Bonchev–Trinajstić information content (AvgIpc) is 2.03.